The second-order valence-electron chi connectivity index (χ2n) is 4.68. The van der Waals surface area contributed by atoms with Crippen LogP contribution in [-0.4, -0.2) is 34.5 Å². The lowest BCUT2D eigenvalue weighted by Gasteiger charge is -2.20. The van der Waals surface area contributed by atoms with Gasteiger partial charge in [0.2, 0.25) is 0 Å². The van der Waals surface area contributed by atoms with Gasteiger partial charge in [0, 0.05) is 19.6 Å². The van der Waals surface area contributed by atoms with Crippen LogP contribution in [0.25, 0.3) is 0 Å². The van der Waals surface area contributed by atoms with E-state index in [0.717, 1.165) is 44.1 Å². The molecule has 1 aromatic heterocycles. The van der Waals surface area contributed by atoms with Crippen LogP contribution in [0.2, 0.25) is 0 Å². The molecule has 1 aromatic rings. The molecule has 1 rings (SSSR count). The molecule has 0 aliphatic carbocycles. The van der Waals surface area contributed by atoms with Gasteiger partial charge >= 0.3 is 0 Å². The van der Waals surface area contributed by atoms with Crippen LogP contribution in [-0.2, 0) is 6.54 Å². The minimum Gasteiger partial charge on any atom is -0.369 e. The first-order valence-corrected chi connectivity index (χ1v) is 6.86. The number of aromatic nitrogens is 2. The molecule has 104 valence electrons. The molecule has 0 saturated heterocycles. The van der Waals surface area contributed by atoms with Gasteiger partial charge in [-0.1, -0.05) is 13.8 Å². The smallest absolute Gasteiger partial charge is 0.144 e. The summed E-state index contributed by atoms with van der Waals surface area (Å²) in [6.07, 6.45) is 4.64. The molecule has 0 fully saturated rings. The van der Waals surface area contributed by atoms with Gasteiger partial charge in [-0.05, 0) is 19.9 Å². The molecule has 5 nitrogen and oxygen atoms in total. The summed E-state index contributed by atoms with van der Waals surface area (Å²) in [7, 11) is 0. The molecule has 0 aliphatic heterocycles. The zero-order chi connectivity index (χ0) is 14.1. The molecule has 0 spiro atoms. The Morgan fingerprint density at radius 1 is 1.37 bits per heavy atom. The van der Waals surface area contributed by atoms with Crippen molar-refractivity contribution in [2.45, 2.75) is 33.7 Å². The molecule has 0 aliphatic rings. The lowest BCUT2D eigenvalue weighted by molar-refractivity contribution is 0.257. The number of rotatable bonds is 8. The standard InChI is InChI=1S/C14H23N5/c1-4-6-16-14-9-17-13(8-18-14)11-19(5-2)10-12(3)7-15/h8-9,12H,4-6,10-11H2,1-3H3,(H,16,18). The second-order valence-corrected chi connectivity index (χ2v) is 4.68. The summed E-state index contributed by atoms with van der Waals surface area (Å²) < 4.78 is 0. The predicted octanol–water partition coefficient (Wildman–Crippen LogP) is 2.28. The molecule has 0 amide bonds. The van der Waals surface area contributed by atoms with Crippen LogP contribution in [0.5, 0.6) is 0 Å². The number of nitrogens with zero attached hydrogens (tertiary/aromatic N) is 4. The largest absolute Gasteiger partial charge is 0.369 e. The van der Waals surface area contributed by atoms with Crippen LogP contribution in [0.4, 0.5) is 5.82 Å². The topological polar surface area (TPSA) is 64.8 Å². The average Bonchev–Trinajstić information content (AvgIpc) is 2.45. The van der Waals surface area contributed by atoms with E-state index in [2.05, 4.69) is 40.1 Å². The maximum Gasteiger partial charge on any atom is 0.144 e. The van der Waals surface area contributed by atoms with Crippen molar-refractivity contribution >= 4 is 5.82 Å². The number of hydrogen-bond acceptors (Lipinski definition) is 5. The maximum absolute atomic E-state index is 8.85. The van der Waals surface area contributed by atoms with Gasteiger partial charge in [-0.3, -0.25) is 9.88 Å². The predicted molar refractivity (Wildman–Crippen MR) is 76.5 cm³/mol. The Morgan fingerprint density at radius 2 is 2.16 bits per heavy atom. The fraction of sp³-hybridized carbons (Fsp3) is 0.643. The summed E-state index contributed by atoms with van der Waals surface area (Å²) >= 11 is 0. The van der Waals surface area contributed by atoms with Gasteiger partial charge in [0.1, 0.15) is 5.82 Å². The van der Waals surface area contributed by atoms with Crippen molar-refractivity contribution in [2.24, 2.45) is 5.92 Å². The second kappa shape index (κ2) is 8.44. The van der Waals surface area contributed by atoms with Gasteiger partial charge in [-0.25, -0.2) is 4.98 Å². The van der Waals surface area contributed by atoms with E-state index in [0.29, 0.717) is 0 Å². The van der Waals surface area contributed by atoms with E-state index < -0.39 is 0 Å². The van der Waals surface area contributed by atoms with E-state index in [1.165, 1.54) is 0 Å². The van der Waals surface area contributed by atoms with Gasteiger partial charge in [0.25, 0.3) is 0 Å². The fourth-order valence-electron chi connectivity index (χ4n) is 1.74. The minimum atomic E-state index is 0.0402. The summed E-state index contributed by atoms with van der Waals surface area (Å²) in [6, 6.07) is 2.26. The Labute approximate surface area is 115 Å². The van der Waals surface area contributed by atoms with Gasteiger partial charge in [0.05, 0.1) is 30.1 Å². The SMILES string of the molecule is CCCNc1cnc(CN(CC)CC(C)C#N)cn1. The minimum absolute atomic E-state index is 0.0402. The third-order valence-electron chi connectivity index (χ3n) is 2.85. The summed E-state index contributed by atoms with van der Waals surface area (Å²) in [5.74, 6) is 0.859. The van der Waals surface area contributed by atoms with E-state index >= 15 is 0 Å². The molecule has 0 aromatic carbocycles. The van der Waals surface area contributed by atoms with Gasteiger partial charge in [-0.15, -0.1) is 0 Å². The van der Waals surface area contributed by atoms with Crippen molar-refractivity contribution < 1.29 is 0 Å². The Bertz CT molecular complexity index is 395. The number of anilines is 1. The molecule has 19 heavy (non-hydrogen) atoms. The zero-order valence-electron chi connectivity index (χ0n) is 12.1. The quantitative estimate of drug-likeness (QED) is 0.777. The number of nitriles is 1. The Morgan fingerprint density at radius 3 is 2.68 bits per heavy atom. The van der Waals surface area contributed by atoms with E-state index in [-0.39, 0.29) is 5.92 Å². The summed E-state index contributed by atoms with van der Waals surface area (Å²) in [4.78, 5) is 10.9. The van der Waals surface area contributed by atoms with Crippen molar-refractivity contribution in [1.82, 2.24) is 14.9 Å². The highest BCUT2D eigenvalue weighted by molar-refractivity contribution is 5.30. The molecule has 0 bridgehead atoms. The van der Waals surface area contributed by atoms with E-state index in [4.69, 9.17) is 5.26 Å². The first kappa shape index (κ1) is 15.4. The van der Waals surface area contributed by atoms with Crippen molar-refractivity contribution in [2.75, 3.05) is 25.0 Å². The molecule has 1 unspecified atom stereocenters. The van der Waals surface area contributed by atoms with Gasteiger partial charge in [0.15, 0.2) is 0 Å². The van der Waals surface area contributed by atoms with Crippen molar-refractivity contribution in [3.05, 3.63) is 18.1 Å². The van der Waals surface area contributed by atoms with Gasteiger partial charge < -0.3 is 5.32 Å². The lowest BCUT2D eigenvalue weighted by atomic mass is 10.2. The summed E-state index contributed by atoms with van der Waals surface area (Å²) in [5.41, 5.74) is 0.939. The normalized spacial score (nSPS) is 12.2. The summed E-state index contributed by atoms with van der Waals surface area (Å²) in [5, 5.41) is 12.1. The first-order chi connectivity index (χ1) is 9.19. The zero-order valence-corrected chi connectivity index (χ0v) is 12.1. The van der Waals surface area contributed by atoms with E-state index in [9.17, 15) is 0 Å². The molecule has 1 N–H and O–H groups in total. The van der Waals surface area contributed by atoms with Gasteiger partial charge in [-0.2, -0.15) is 5.26 Å². The van der Waals surface area contributed by atoms with Crippen molar-refractivity contribution in [3.63, 3.8) is 0 Å². The highest BCUT2D eigenvalue weighted by Crippen LogP contribution is 2.06. The number of hydrogen-bond donors (Lipinski definition) is 1. The van der Waals surface area contributed by atoms with Crippen LogP contribution in [0.1, 0.15) is 32.9 Å². The van der Waals surface area contributed by atoms with Crippen LogP contribution in [0.15, 0.2) is 12.4 Å². The van der Waals surface area contributed by atoms with Crippen molar-refractivity contribution in [3.8, 4) is 6.07 Å². The molecule has 0 saturated carbocycles. The first-order valence-electron chi connectivity index (χ1n) is 6.86. The van der Waals surface area contributed by atoms with Crippen LogP contribution < -0.4 is 5.32 Å². The highest BCUT2D eigenvalue weighted by atomic mass is 15.1. The van der Waals surface area contributed by atoms with E-state index in [1.54, 1.807) is 12.4 Å². The molecule has 1 atom stereocenters. The third-order valence-corrected chi connectivity index (χ3v) is 2.85. The third kappa shape index (κ3) is 5.66. The van der Waals surface area contributed by atoms with Crippen molar-refractivity contribution in [1.29, 1.82) is 5.26 Å². The van der Waals surface area contributed by atoms with E-state index in [1.807, 2.05) is 6.92 Å². The van der Waals surface area contributed by atoms with Crippen LogP contribution >= 0.6 is 0 Å². The molecule has 5 heteroatoms. The average molecular weight is 261 g/mol. The lowest BCUT2D eigenvalue weighted by Crippen LogP contribution is -2.28. The molecular formula is C14H23N5. The molecule has 0 radical (unpaired) electrons. The monoisotopic (exact) mass is 261 g/mol. The maximum atomic E-state index is 8.85. The Kier molecular flexibility index (Phi) is 6.83. The molecular weight excluding hydrogens is 238 g/mol. The number of nitrogens with one attached hydrogen (secondary N) is 1. The highest BCUT2D eigenvalue weighted by Gasteiger charge is 2.09. The summed E-state index contributed by atoms with van der Waals surface area (Å²) in [6.45, 7) is 9.47. The Balaban J connectivity index is 2.53. The fourth-order valence-corrected chi connectivity index (χ4v) is 1.74. The van der Waals surface area contributed by atoms with Crippen LogP contribution in [0, 0.1) is 17.2 Å². The van der Waals surface area contributed by atoms with Crippen LogP contribution in [0.3, 0.4) is 0 Å². The molecule has 1 heterocycles. The Hall–Kier alpha value is -1.67.